The molecule has 1 saturated carbocycles. The zero-order valence-electron chi connectivity index (χ0n) is 9.54. The molecular formula is C11H23NO2S. The summed E-state index contributed by atoms with van der Waals surface area (Å²) in [6, 6.07) is 0. The summed E-state index contributed by atoms with van der Waals surface area (Å²) >= 11 is 1.95. The van der Waals surface area contributed by atoms with Gasteiger partial charge >= 0.3 is 0 Å². The lowest BCUT2D eigenvalue weighted by atomic mass is 9.88. The summed E-state index contributed by atoms with van der Waals surface area (Å²) in [5.41, 5.74) is 0. The van der Waals surface area contributed by atoms with Crippen molar-refractivity contribution in [3.8, 4) is 0 Å². The molecule has 0 aromatic carbocycles. The van der Waals surface area contributed by atoms with Gasteiger partial charge in [-0.15, -0.1) is 0 Å². The topological polar surface area (TPSA) is 52.5 Å². The molecular weight excluding hydrogens is 210 g/mol. The second kappa shape index (κ2) is 6.74. The van der Waals surface area contributed by atoms with Crippen molar-refractivity contribution in [1.82, 2.24) is 5.32 Å². The van der Waals surface area contributed by atoms with Crippen LogP contribution < -0.4 is 5.32 Å². The average molecular weight is 233 g/mol. The smallest absolute Gasteiger partial charge is 0.0894 e. The first-order chi connectivity index (χ1) is 7.22. The Morgan fingerprint density at radius 1 is 1.33 bits per heavy atom. The Kier molecular flexibility index (Phi) is 5.97. The van der Waals surface area contributed by atoms with Gasteiger partial charge in [0.2, 0.25) is 0 Å². The van der Waals surface area contributed by atoms with E-state index in [2.05, 4.69) is 11.6 Å². The quantitative estimate of drug-likeness (QED) is 0.640. The summed E-state index contributed by atoms with van der Waals surface area (Å²) in [7, 11) is 0. The molecule has 0 heterocycles. The van der Waals surface area contributed by atoms with Crippen molar-refractivity contribution in [2.75, 3.05) is 26.0 Å². The first-order valence-electron chi connectivity index (χ1n) is 5.77. The van der Waals surface area contributed by atoms with Gasteiger partial charge in [-0.2, -0.15) is 11.8 Å². The molecule has 1 rings (SSSR count). The van der Waals surface area contributed by atoms with Crippen LogP contribution in [0.3, 0.4) is 0 Å². The van der Waals surface area contributed by atoms with Crippen molar-refractivity contribution >= 4 is 11.8 Å². The van der Waals surface area contributed by atoms with Gasteiger partial charge in [0.05, 0.1) is 12.7 Å². The van der Waals surface area contributed by atoms with Crippen LogP contribution in [0, 0.1) is 0 Å². The van der Waals surface area contributed by atoms with E-state index < -0.39 is 6.10 Å². The molecule has 3 N–H and O–H groups in total. The normalized spacial score (nSPS) is 22.6. The van der Waals surface area contributed by atoms with E-state index in [0.717, 1.165) is 6.54 Å². The first-order valence-corrected chi connectivity index (χ1v) is 7.00. The number of aliphatic hydroxyl groups excluding tert-OH is 2. The Morgan fingerprint density at radius 3 is 2.53 bits per heavy atom. The van der Waals surface area contributed by atoms with E-state index in [1.807, 2.05) is 11.8 Å². The van der Waals surface area contributed by atoms with E-state index in [9.17, 15) is 5.11 Å². The highest BCUT2D eigenvalue weighted by Gasteiger charge is 2.30. The SMILES string of the molecule is CSC1(CNCC(O)CO)CCCCC1. The largest absolute Gasteiger partial charge is 0.394 e. The number of hydrogen-bond donors (Lipinski definition) is 3. The minimum absolute atomic E-state index is 0.154. The van der Waals surface area contributed by atoms with Gasteiger partial charge in [-0.3, -0.25) is 0 Å². The fourth-order valence-electron chi connectivity index (χ4n) is 2.18. The monoisotopic (exact) mass is 233 g/mol. The van der Waals surface area contributed by atoms with Crippen LogP contribution in [0.15, 0.2) is 0 Å². The van der Waals surface area contributed by atoms with Crippen molar-refractivity contribution in [3.05, 3.63) is 0 Å². The molecule has 0 aromatic heterocycles. The lowest BCUT2D eigenvalue weighted by Gasteiger charge is -2.36. The molecule has 90 valence electrons. The summed E-state index contributed by atoms with van der Waals surface area (Å²) in [6.07, 6.45) is 8.12. The summed E-state index contributed by atoms with van der Waals surface area (Å²) in [5, 5.41) is 21.2. The molecule has 4 heteroatoms. The molecule has 1 atom stereocenters. The first kappa shape index (κ1) is 13.3. The lowest BCUT2D eigenvalue weighted by molar-refractivity contribution is 0.0936. The molecule has 0 amide bonds. The van der Waals surface area contributed by atoms with Gasteiger partial charge in [0.15, 0.2) is 0 Å². The fourth-order valence-corrected chi connectivity index (χ4v) is 3.12. The molecule has 0 radical (unpaired) electrons. The summed E-state index contributed by atoms with van der Waals surface area (Å²) < 4.78 is 0.368. The van der Waals surface area contributed by atoms with Crippen LogP contribution in [-0.4, -0.2) is 47.0 Å². The van der Waals surface area contributed by atoms with Gasteiger partial charge in [-0.1, -0.05) is 19.3 Å². The van der Waals surface area contributed by atoms with Crippen LogP contribution in [0.2, 0.25) is 0 Å². The van der Waals surface area contributed by atoms with Gasteiger partial charge in [0.1, 0.15) is 0 Å². The van der Waals surface area contributed by atoms with Crippen molar-refractivity contribution in [3.63, 3.8) is 0 Å². The van der Waals surface area contributed by atoms with E-state index in [-0.39, 0.29) is 6.61 Å². The minimum Gasteiger partial charge on any atom is -0.394 e. The Morgan fingerprint density at radius 2 is 2.00 bits per heavy atom. The molecule has 0 spiro atoms. The molecule has 3 nitrogen and oxygen atoms in total. The molecule has 0 saturated heterocycles. The highest BCUT2D eigenvalue weighted by molar-refractivity contribution is 8.00. The third kappa shape index (κ3) is 4.31. The van der Waals surface area contributed by atoms with E-state index in [1.54, 1.807) is 0 Å². The average Bonchev–Trinajstić information content (AvgIpc) is 2.30. The molecule has 0 bridgehead atoms. The van der Waals surface area contributed by atoms with Crippen LogP contribution in [0.1, 0.15) is 32.1 Å². The maximum atomic E-state index is 9.22. The maximum absolute atomic E-state index is 9.22. The fraction of sp³-hybridized carbons (Fsp3) is 1.00. The summed E-state index contributed by atoms with van der Waals surface area (Å²) in [5.74, 6) is 0. The molecule has 15 heavy (non-hydrogen) atoms. The third-order valence-electron chi connectivity index (χ3n) is 3.24. The summed E-state index contributed by atoms with van der Waals surface area (Å²) in [4.78, 5) is 0. The Hall–Kier alpha value is 0.230. The van der Waals surface area contributed by atoms with Crippen molar-refractivity contribution in [2.24, 2.45) is 0 Å². The maximum Gasteiger partial charge on any atom is 0.0894 e. The Bertz CT molecular complexity index is 172. The van der Waals surface area contributed by atoms with Gasteiger partial charge in [0, 0.05) is 17.8 Å². The number of hydrogen-bond acceptors (Lipinski definition) is 4. The van der Waals surface area contributed by atoms with E-state index in [1.165, 1.54) is 32.1 Å². The predicted molar refractivity (Wildman–Crippen MR) is 65.3 cm³/mol. The molecule has 1 unspecified atom stereocenters. The van der Waals surface area contributed by atoms with Crippen LogP contribution in [-0.2, 0) is 0 Å². The van der Waals surface area contributed by atoms with E-state index in [0.29, 0.717) is 11.3 Å². The summed E-state index contributed by atoms with van der Waals surface area (Å²) in [6.45, 7) is 1.29. The molecule has 0 aliphatic heterocycles. The predicted octanol–water partition coefficient (Wildman–Crippen LogP) is 0.995. The molecule has 0 aromatic rings. The van der Waals surface area contributed by atoms with Crippen molar-refractivity contribution in [2.45, 2.75) is 43.0 Å². The van der Waals surface area contributed by atoms with Gasteiger partial charge in [-0.25, -0.2) is 0 Å². The van der Waals surface area contributed by atoms with Crippen LogP contribution in [0.25, 0.3) is 0 Å². The van der Waals surface area contributed by atoms with Gasteiger partial charge < -0.3 is 15.5 Å². The van der Waals surface area contributed by atoms with E-state index >= 15 is 0 Å². The van der Waals surface area contributed by atoms with Crippen LogP contribution >= 0.6 is 11.8 Å². The highest BCUT2D eigenvalue weighted by Crippen LogP contribution is 2.37. The number of aliphatic hydroxyl groups is 2. The second-order valence-electron chi connectivity index (χ2n) is 4.42. The zero-order valence-corrected chi connectivity index (χ0v) is 10.4. The number of thioether (sulfide) groups is 1. The van der Waals surface area contributed by atoms with Crippen molar-refractivity contribution < 1.29 is 10.2 Å². The third-order valence-corrected chi connectivity index (χ3v) is 4.65. The van der Waals surface area contributed by atoms with Crippen LogP contribution in [0.4, 0.5) is 0 Å². The van der Waals surface area contributed by atoms with E-state index in [4.69, 9.17) is 5.11 Å². The second-order valence-corrected chi connectivity index (χ2v) is 5.69. The molecule has 1 fully saturated rings. The number of rotatable bonds is 6. The zero-order chi connectivity index (χ0) is 11.1. The van der Waals surface area contributed by atoms with Crippen LogP contribution in [0.5, 0.6) is 0 Å². The lowest BCUT2D eigenvalue weighted by Crippen LogP contribution is -2.42. The highest BCUT2D eigenvalue weighted by atomic mass is 32.2. The number of nitrogens with one attached hydrogen (secondary N) is 1. The van der Waals surface area contributed by atoms with Gasteiger partial charge in [-0.05, 0) is 19.1 Å². The molecule has 1 aliphatic carbocycles. The Labute approximate surface area is 96.6 Å². The molecule has 1 aliphatic rings. The van der Waals surface area contributed by atoms with Crippen molar-refractivity contribution in [1.29, 1.82) is 0 Å². The Balaban J connectivity index is 2.26. The standard InChI is InChI=1S/C11H23NO2S/c1-15-11(5-3-2-4-6-11)9-12-7-10(14)8-13/h10,12-14H,2-9H2,1H3. The van der Waals surface area contributed by atoms with Gasteiger partial charge in [0.25, 0.3) is 0 Å². The minimum atomic E-state index is -0.618.